The van der Waals surface area contributed by atoms with Crippen LogP contribution in [0.5, 0.6) is 5.75 Å². The van der Waals surface area contributed by atoms with Gasteiger partial charge in [0.1, 0.15) is 18.2 Å². The lowest BCUT2D eigenvalue weighted by atomic mass is 10.2. The van der Waals surface area contributed by atoms with Gasteiger partial charge in [0.15, 0.2) is 0 Å². The van der Waals surface area contributed by atoms with Gasteiger partial charge >= 0.3 is 0 Å². The fourth-order valence-corrected chi connectivity index (χ4v) is 2.67. The van der Waals surface area contributed by atoms with Gasteiger partial charge in [0.25, 0.3) is 5.56 Å². The predicted molar refractivity (Wildman–Crippen MR) is 92.2 cm³/mol. The van der Waals surface area contributed by atoms with Crippen LogP contribution in [0.2, 0.25) is 0 Å². The Kier molecular flexibility index (Phi) is 4.63. The van der Waals surface area contributed by atoms with Crippen LogP contribution in [0.25, 0.3) is 10.9 Å². The molecule has 0 unspecified atom stereocenters. The number of aryl methyl sites for hydroxylation is 1. The molecule has 1 heterocycles. The SMILES string of the molecule is Cc1ccccc1OCc1nc2ccccc2c(=O)n1CCCl. The van der Waals surface area contributed by atoms with Gasteiger partial charge in [-0.2, -0.15) is 0 Å². The highest BCUT2D eigenvalue weighted by atomic mass is 35.5. The van der Waals surface area contributed by atoms with Crippen molar-refractivity contribution >= 4 is 22.5 Å². The molecule has 0 aliphatic heterocycles. The minimum Gasteiger partial charge on any atom is -0.485 e. The number of alkyl halides is 1. The zero-order chi connectivity index (χ0) is 16.2. The van der Waals surface area contributed by atoms with Crippen LogP contribution in [-0.4, -0.2) is 15.4 Å². The van der Waals surface area contributed by atoms with Crippen LogP contribution in [-0.2, 0) is 13.2 Å². The van der Waals surface area contributed by atoms with Crippen molar-refractivity contribution in [3.05, 3.63) is 70.3 Å². The summed E-state index contributed by atoms with van der Waals surface area (Å²) >= 11 is 5.85. The molecule has 0 saturated carbocycles. The molecular formula is C18H17ClN2O2. The van der Waals surface area contributed by atoms with E-state index in [1.165, 1.54) is 0 Å². The summed E-state index contributed by atoms with van der Waals surface area (Å²) in [7, 11) is 0. The maximum absolute atomic E-state index is 12.6. The fraction of sp³-hybridized carbons (Fsp3) is 0.222. The number of rotatable bonds is 5. The zero-order valence-corrected chi connectivity index (χ0v) is 13.6. The molecule has 0 atom stereocenters. The zero-order valence-electron chi connectivity index (χ0n) is 12.8. The smallest absolute Gasteiger partial charge is 0.261 e. The molecule has 0 bridgehead atoms. The second-order valence-corrected chi connectivity index (χ2v) is 5.62. The summed E-state index contributed by atoms with van der Waals surface area (Å²) in [5.41, 5.74) is 1.63. The summed E-state index contributed by atoms with van der Waals surface area (Å²) in [5, 5.41) is 0.595. The van der Waals surface area contributed by atoms with E-state index in [0.717, 1.165) is 11.3 Å². The van der Waals surface area contributed by atoms with E-state index in [-0.39, 0.29) is 12.2 Å². The van der Waals surface area contributed by atoms with E-state index in [4.69, 9.17) is 16.3 Å². The number of fused-ring (bicyclic) bond motifs is 1. The minimum atomic E-state index is -0.0837. The molecule has 0 aliphatic carbocycles. The van der Waals surface area contributed by atoms with Crippen LogP contribution in [0.15, 0.2) is 53.3 Å². The number of ether oxygens (including phenoxy) is 1. The average Bonchev–Trinajstić information content (AvgIpc) is 2.57. The van der Waals surface area contributed by atoms with Gasteiger partial charge in [-0.3, -0.25) is 9.36 Å². The lowest BCUT2D eigenvalue weighted by Gasteiger charge is -2.14. The molecule has 2 aromatic carbocycles. The predicted octanol–water partition coefficient (Wildman–Crippen LogP) is 3.52. The highest BCUT2D eigenvalue weighted by Gasteiger charge is 2.11. The van der Waals surface area contributed by atoms with E-state index < -0.39 is 0 Å². The Morgan fingerprint density at radius 2 is 1.87 bits per heavy atom. The quantitative estimate of drug-likeness (QED) is 0.673. The summed E-state index contributed by atoms with van der Waals surface area (Å²) in [4.78, 5) is 17.2. The number of benzene rings is 2. The molecule has 1 aromatic heterocycles. The molecule has 0 N–H and O–H groups in total. The lowest BCUT2D eigenvalue weighted by molar-refractivity contribution is 0.286. The van der Waals surface area contributed by atoms with E-state index in [1.54, 1.807) is 10.6 Å². The number of aromatic nitrogens is 2. The molecule has 4 nitrogen and oxygen atoms in total. The first-order valence-corrected chi connectivity index (χ1v) is 7.97. The molecule has 0 saturated heterocycles. The van der Waals surface area contributed by atoms with Gasteiger partial charge < -0.3 is 4.74 Å². The Bertz CT molecular complexity index is 890. The Labute approximate surface area is 139 Å². The van der Waals surface area contributed by atoms with E-state index >= 15 is 0 Å². The van der Waals surface area contributed by atoms with Gasteiger partial charge in [0.05, 0.1) is 10.9 Å². The molecule has 3 rings (SSSR count). The van der Waals surface area contributed by atoms with Crippen molar-refractivity contribution in [2.45, 2.75) is 20.1 Å². The molecule has 118 valence electrons. The van der Waals surface area contributed by atoms with Crippen LogP contribution in [0.4, 0.5) is 0 Å². The highest BCUT2D eigenvalue weighted by Crippen LogP contribution is 2.18. The Morgan fingerprint density at radius 3 is 2.65 bits per heavy atom. The summed E-state index contributed by atoms with van der Waals surface area (Å²) < 4.78 is 7.44. The topological polar surface area (TPSA) is 44.1 Å². The van der Waals surface area contributed by atoms with Crippen molar-refractivity contribution in [2.24, 2.45) is 0 Å². The number of nitrogens with zero attached hydrogens (tertiary/aromatic N) is 2. The first-order chi connectivity index (χ1) is 11.2. The molecule has 0 radical (unpaired) electrons. The van der Waals surface area contributed by atoms with E-state index in [9.17, 15) is 4.79 Å². The number of halogens is 1. The van der Waals surface area contributed by atoms with Gasteiger partial charge in [-0.15, -0.1) is 11.6 Å². The molecule has 0 spiro atoms. The van der Waals surface area contributed by atoms with Crippen molar-refractivity contribution in [3.63, 3.8) is 0 Å². The summed E-state index contributed by atoms with van der Waals surface area (Å²) in [5.74, 6) is 1.71. The first kappa shape index (κ1) is 15.6. The average molecular weight is 329 g/mol. The third-order valence-corrected chi connectivity index (χ3v) is 3.87. The van der Waals surface area contributed by atoms with Gasteiger partial charge in [0.2, 0.25) is 0 Å². The molecule has 23 heavy (non-hydrogen) atoms. The lowest BCUT2D eigenvalue weighted by Crippen LogP contribution is -2.27. The maximum atomic E-state index is 12.6. The summed E-state index contributed by atoms with van der Waals surface area (Å²) in [6.07, 6.45) is 0. The number of hydrogen-bond acceptors (Lipinski definition) is 3. The van der Waals surface area contributed by atoms with Crippen molar-refractivity contribution < 1.29 is 4.74 Å². The van der Waals surface area contributed by atoms with Gasteiger partial charge in [-0.05, 0) is 30.7 Å². The minimum absolute atomic E-state index is 0.0837. The molecule has 0 fully saturated rings. The van der Waals surface area contributed by atoms with Crippen LogP contribution in [0, 0.1) is 6.92 Å². The van der Waals surface area contributed by atoms with E-state index in [1.807, 2.05) is 49.4 Å². The molecule has 5 heteroatoms. The first-order valence-electron chi connectivity index (χ1n) is 7.43. The molecule has 0 aliphatic rings. The van der Waals surface area contributed by atoms with E-state index in [2.05, 4.69) is 4.98 Å². The monoisotopic (exact) mass is 328 g/mol. The molecular weight excluding hydrogens is 312 g/mol. The van der Waals surface area contributed by atoms with E-state index in [0.29, 0.717) is 29.2 Å². The standard InChI is InChI=1S/C18H17ClN2O2/c1-13-6-2-5-9-16(13)23-12-17-20-15-8-4-3-7-14(15)18(22)21(17)11-10-19/h2-9H,10-12H2,1H3. The Morgan fingerprint density at radius 1 is 1.13 bits per heavy atom. The third-order valence-electron chi connectivity index (χ3n) is 3.70. The van der Waals surface area contributed by atoms with Crippen molar-refractivity contribution in [1.29, 1.82) is 0 Å². The summed E-state index contributed by atoms with van der Waals surface area (Å²) in [6.45, 7) is 2.61. The Hall–Kier alpha value is -2.33. The Balaban J connectivity index is 2.00. The van der Waals surface area contributed by atoms with Crippen LogP contribution < -0.4 is 10.3 Å². The number of hydrogen-bond donors (Lipinski definition) is 0. The van der Waals surface area contributed by atoms with Gasteiger partial charge in [0, 0.05) is 12.4 Å². The largest absolute Gasteiger partial charge is 0.485 e. The number of para-hydroxylation sites is 2. The normalized spacial score (nSPS) is 10.9. The maximum Gasteiger partial charge on any atom is 0.261 e. The van der Waals surface area contributed by atoms with Gasteiger partial charge in [-0.1, -0.05) is 30.3 Å². The summed E-state index contributed by atoms with van der Waals surface area (Å²) in [6, 6.07) is 15.1. The van der Waals surface area contributed by atoms with Crippen molar-refractivity contribution in [2.75, 3.05) is 5.88 Å². The van der Waals surface area contributed by atoms with Crippen LogP contribution in [0.1, 0.15) is 11.4 Å². The van der Waals surface area contributed by atoms with Crippen LogP contribution in [0.3, 0.4) is 0 Å². The second kappa shape index (κ2) is 6.84. The van der Waals surface area contributed by atoms with Crippen molar-refractivity contribution in [3.8, 4) is 5.75 Å². The molecule has 3 aromatic rings. The highest BCUT2D eigenvalue weighted by molar-refractivity contribution is 6.17. The molecule has 0 amide bonds. The van der Waals surface area contributed by atoms with Crippen molar-refractivity contribution in [1.82, 2.24) is 9.55 Å². The third kappa shape index (κ3) is 3.22. The van der Waals surface area contributed by atoms with Gasteiger partial charge in [-0.25, -0.2) is 4.98 Å². The van der Waals surface area contributed by atoms with Crippen LogP contribution >= 0.6 is 11.6 Å². The fourth-order valence-electron chi connectivity index (χ4n) is 2.50. The second-order valence-electron chi connectivity index (χ2n) is 5.25.